The highest BCUT2D eigenvalue weighted by atomic mass is 16.5. The number of nitrogens with one attached hydrogen (secondary N) is 2. The molecule has 1 aromatic carbocycles. The Morgan fingerprint density at radius 1 is 1.11 bits per heavy atom. The summed E-state index contributed by atoms with van der Waals surface area (Å²) in [7, 11) is 1.81. The summed E-state index contributed by atoms with van der Waals surface area (Å²) < 4.78 is 11.4. The van der Waals surface area contributed by atoms with Gasteiger partial charge in [0.25, 0.3) is 0 Å². The van der Waals surface area contributed by atoms with Crippen molar-refractivity contribution in [1.82, 2.24) is 10.6 Å². The average molecular weight is 389 g/mol. The van der Waals surface area contributed by atoms with Crippen LogP contribution in [0.3, 0.4) is 0 Å². The number of morpholine rings is 1. The number of anilines is 1. The van der Waals surface area contributed by atoms with E-state index in [1.807, 2.05) is 7.05 Å². The second-order valence-corrected chi connectivity index (χ2v) is 7.60. The summed E-state index contributed by atoms with van der Waals surface area (Å²) >= 11 is 0. The van der Waals surface area contributed by atoms with Crippen LogP contribution in [0.4, 0.5) is 5.69 Å². The van der Waals surface area contributed by atoms with E-state index >= 15 is 0 Å². The Hall–Kier alpha value is -1.79. The highest BCUT2D eigenvalue weighted by Gasteiger charge is 2.13. The van der Waals surface area contributed by atoms with Gasteiger partial charge in [-0.1, -0.05) is 31.4 Å². The van der Waals surface area contributed by atoms with Gasteiger partial charge < -0.3 is 25.0 Å². The summed E-state index contributed by atoms with van der Waals surface area (Å²) in [5.74, 6) is 0.843. The number of ether oxygens (including phenoxy) is 2. The fourth-order valence-corrected chi connectivity index (χ4v) is 3.81. The van der Waals surface area contributed by atoms with Crippen LogP contribution >= 0.6 is 0 Å². The van der Waals surface area contributed by atoms with Crippen LogP contribution in [0.25, 0.3) is 0 Å². The molecule has 0 spiro atoms. The molecule has 0 aromatic heterocycles. The summed E-state index contributed by atoms with van der Waals surface area (Å²) in [6, 6.07) is 8.76. The predicted octanol–water partition coefficient (Wildman–Crippen LogP) is 2.93. The molecule has 1 saturated heterocycles. The van der Waals surface area contributed by atoms with Gasteiger partial charge in [-0.15, -0.1) is 0 Å². The third-order valence-electron chi connectivity index (χ3n) is 5.52. The molecule has 6 nitrogen and oxygen atoms in total. The molecule has 156 valence electrons. The molecule has 2 fully saturated rings. The summed E-state index contributed by atoms with van der Waals surface area (Å²) in [6.07, 6.45) is 8.00. The molecular formula is C22H36N4O2. The van der Waals surface area contributed by atoms with Crippen LogP contribution in [0.1, 0.15) is 44.1 Å². The summed E-state index contributed by atoms with van der Waals surface area (Å²) in [4.78, 5) is 6.68. The van der Waals surface area contributed by atoms with Crippen molar-refractivity contribution >= 4 is 11.6 Å². The van der Waals surface area contributed by atoms with Crippen molar-refractivity contribution in [2.75, 3.05) is 51.4 Å². The Bertz CT molecular complexity index is 579. The number of guanidine groups is 1. The van der Waals surface area contributed by atoms with Gasteiger partial charge in [0, 0.05) is 45.5 Å². The van der Waals surface area contributed by atoms with E-state index in [-0.39, 0.29) is 0 Å². The zero-order chi connectivity index (χ0) is 19.4. The first kappa shape index (κ1) is 20.9. The molecule has 0 amide bonds. The van der Waals surface area contributed by atoms with Gasteiger partial charge in [-0.3, -0.25) is 4.99 Å². The fourth-order valence-electron chi connectivity index (χ4n) is 3.81. The van der Waals surface area contributed by atoms with Gasteiger partial charge in [0.1, 0.15) is 0 Å². The second kappa shape index (κ2) is 11.9. The molecule has 6 heteroatoms. The van der Waals surface area contributed by atoms with E-state index in [0.717, 1.165) is 58.4 Å². The van der Waals surface area contributed by atoms with Crippen LogP contribution in [0.15, 0.2) is 29.3 Å². The highest BCUT2D eigenvalue weighted by molar-refractivity contribution is 5.79. The molecule has 1 heterocycles. The van der Waals surface area contributed by atoms with Crippen LogP contribution in [0.5, 0.6) is 0 Å². The van der Waals surface area contributed by atoms with Crippen LogP contribution in [0, 0.1) is 0 Å². The number of aliphatic imine (C=N–C) groups is 1. The fraction of sp³-hybridized carbons (Fsp3) is 0.682. The predicted molar refractivity (Wildman–Crippen MR) is 115 cm³/mol. The number of hydrogen-bond acceptors (Lipinski definition) is 4. The normalized spacial score (nSPS) is 18.9. The van der Waals surface area contributed by atoms with Crippen molar-refractivity contribution in [1.29, 1.82) is 0 Å². The molecule has 0 radical (unpaired) electrons. The minimum Gasteiger partial charge on any atom is -0.378 e. The third kappa shape index (κ3) is 6.99. The van der Waals surface area contributed by atoms with Crippen LogP contribution in [-0.4, -0.2) is 58.6 Å². The second-order valence-electron chi connectivity index (χ2n) is 7.60. The number of hydrogen-bond donors (Lipinski definition) is 2. The highest BCUT2D eigenvalue weighted by Crippen LogP contribution is 2.20. The first-order valence-electron chi connectivity index (χ1n) is 10.8. The van der Waals surface area contributed by atoms with E-state index in [0.29, 0.717) is 6.10 Å². The average Bonchev–Trinajstić information content (AvgIpc) is 2.77. The molecule has 0 bridgehead atoms. The number of benzene rings is 1. The summed E-state index contributed by atoms with van der Waals surface area (Å²) in [5, 5.41) is 6.77. The maximum absolute atomic E-state index is 5.98. The Morgan fingerprint density at radius 3 is 2.57 bits per heavy atom. The Morgan fingerprint density at radius 2 is 1.86 bits per heavy atom. The van der Waals surface area contributed by atoms with Gasteiger partial charge in [0.05, 0.1) is 19.3 Å². The van der Waals surface area contributed by atoms with E-state index in [1.54, 1.807) is 0 Å². The zero-order valence-electron chi connectivity index (χ0n) is 17.3. The summed E-state index contributed by atoms with van der Waals surface area (Å²) in [6.45, 7) is 6.05. The van der Waals surface area contributed by atoms with Crippen molar-refractivity contribution in [2.45, 2.75) is 51.2 Å². The minimum atomic E-state index is 0.492. The van der Waals surface area contributed by atoms with Gasteiger partial charge in [-0.2, -0.15) is 0 Å². The lowest BCUT2D eigenvalue weighted by atomic mass is 9.98. The molecular weight excluding hydrogens is 352 g/mol. The lowest BCUT2D eigenvalue weighted by molar-refractivity contribution is 0.0277. The molecule has 1 aliphatic heterocycles. The standard InChI is InChI=1S/C22H36N4O2/c1-23-22(24-12-5-15-28-21-6-3-2-4-7-21)25-18-19-8-10-20(11-9-19)26-13-16-27-17-14-26/h8-11,21H,2-7,12-18H2,1H3,(H2,23,24,25). The van der Waals surface area contributed by atoms with Crippen molar-refractivity contribution in [3.63, 3.8) is 0 Å². The van der Waals surface area contributed by atoms with E-state index in [2.05, 4.69) is 44.8 Å². The number of nitrogens with zero attached hydrogens (tertiary/aromatic N) is 2. The third-order valence-corrected chi connectivity index (χ3v) is 5.52. The van der Waals surface area contributed by atoms with E-state index in [4.69, 9.17) is 9.47 Å². The molecule has 1 saturated carbocycles. The SMILES string of the molecule is CN=C(NCCCOC1CCCCC1)NCc1ccc(N2CCOCC2)cc1. The first-order chi connectivity index (χ1) is 13.8. The van der Waals surface area contributed by atoms with Crippen LogP contribution < -0.4 is 15.5 Å². The van der Waals surface area contributed by atoms with Crippen molar-refractivity contribution in [3.8, 4) is 0 Å². The lowest BCUT2D eigenvalue weighted by Crippen LogP contribution is -2.37. The van der Waals surface area contributed by atoms with E-state index < -0.39 is 0 Å². The maximum atomic E-state index is 5.98. The zero-order valence-corrected chi connectivity index (χ0v) is 17.3. The number of rotatable bonds is 8. The Kier molecular flexibility index (Phi) is 8.91. The van der Waals surface area contributed by atoms with Crippen LogP contribution in [-0.2, 0) is 16.0 Å². The quantitative estimate of drug-likeness (QED) is 0.407. The molecule has 2 N–H and O–H groups in total. The van der Waals surface area contributed by atoms with Gasteiger partial charge in [-0.05, 0) is 37.0 Å². The van der Waals surface area contributed by atoms with E-state index in [9.17, 15) is 0 Å². The first-order valence-corrected chi connectivity index (χ1v) is 10.8. The Labute approximate surface area is 169 Å². The van der Waals surface area contributed by atoms with E-state index in [1.165, 1.54) is 43.4 Å². The monoisotopic (exact) mass is 388 g/mol. The molecule has 0 atom stereocenters. The molecule has 1 aliphatic carbocycles. The molecule has 2 aliphatic rings. The topological polar surface area (TPSA) is 58.1 Å². The minimum absolute atomic E-state index is 0.492. The van der Waals surface area contributed by atoms with Gasteiger partial charge in [-0.25, -0.2) is 0 Å². The van der Waals surface area contributed by atoms with Gasteiger partial charge in [0.15, 0.2) is 5.96 Å². The Balaban J connectivity index is 1.31. The van der Waals surface area contributed by atoms with Crippen molar-refractivity contribution in [2.24, 2.45) is 4.99 Å². The lowest BCUT2D eigenvalue weighted by Gasteiger charge is -2.28. The maximum Gasteiger partial charge on any atom is 0.191 e. The largest absolute Gasteiger partial charge is 0.378 e. The smallest absolute Gasteiger partial charge is 0.191 e. The molecule has 3 rings (SSSR count). The summed E-state index contributed by atoms with van der Waals surface area (Å²) in [5.41, 5.74) is 2.52. The molecule has 28 heavy (non-hydrogen) atoms. The van der Waals surface area contributed by atoms with Crippen molar-refractivity contribution in [3.05, 3.63) is 29.8 Å². The van der Waals surface area contributed by atoms with Gasteiger partial charge >= 0.3 is 0 Å². The van der Waals surface area contributed by atoms with Crippen molar-refractivity contribution < 1.29 is 9.47 Å². The van der Waals surface area contributed by atoms with Gasteiger partial charge in [0.2, 0.25) is 0 Å². The van der Waals surface area contributed by atoms with Crippen LogP contribution in [0.2, 0.25) is 0 Å². The molecule has 0 unspecified atom stereocenters. The molecule has 1 aromatic rings.